The normalized spacial score (nSPS) is 18.0. The molecule has 2 aliphatic rings. The van der Waals surface area contributed by atoms with Gasteiger partial charge in [0, 0.05) is 37.7 Å². The van der Waals surface area contributed by atoms with Gasteiger partial charge in [-0.3, -0.25) is 9.59 Å². The molecule has 6 heteroatoms. The van der Waals surface area contributed by atoms with Crippen LogP contribution in [0.25, 0.3) is 0 Å². The van der Waals surface area contributed by atoms with E-state index in [-0.39, 0.29) is 30.3 Å². The van der Waals surface area contributed by atoms with E-state index in [4.69, 9.17) is 5.73 Å². The van der Waals surface area contributed by atoms with E-state index in [0.29, 0.717) is 31.8 Å². The molecule has 3 N–H and O–H groups in total. The Hall–Kier alpha value is -1.59. The summed E-state index contributed by atoms with van der Waals surface area (Å²) in [5.41, 5.74) is 8.10. The smallest absolute Gasteiger partial charge is 0.227 e. The van der Waals surface area contributed by atoms with Crippen molar-refractivity contribution in [3.05, 3.63) is 29.8 Å². The quantitative estimate of drug-likeness (QED) is 0.828. The number of benzene rings is 1. The van der Waals surface area contributed by atoms with Crippen LogP contribution in [0.15, 0.2) is 24.3 Å². The number of carbonyl (C=O) groups excluding carboxylic acids is 2. The van der Waals surface area contributed by atoms with Crippen molar-refractivity contribution in [3.63, 3.8) is 0 Å². The fraction of sp³-hybridized carbons (Fsp3) is 0.529. The summed E-state index contributed by atoms with van der Waals surface area (Å²) >= 11 is 0. The van der Waals surface area contributed by atoms with Gasteiger partial charge in [0.2, 0.25) is 11.8 Å². The molecule has 1 atom stereocenters. The predicted octanol–water partition coefficient (Wildman–Crippen LogP) is 1.63. The first-order valence-electron chi connectivity index (χ1n) is 8.05. The minimum absolute atomic E-state index is 0. The predicted molar refractivity (Wildman–Crippen MR) is 92.7 cm³/mol. The number of nitrogens with one attached hydrogen (secondary N) is 1. The molecular weight excluding hydrogens is 314 g/mol. The van der Waals surface area contributed by atoms with Crippen molar-refractivity contribution in [3.8, 4) is 0 Å². The average molecular weight is 338 g/mol. The lowest BCUT2D eigenvalue weighted by molar-refractivity contribution is -0.121. The van der Waals surface area contributed by atoms with Gasteiger partial charge in [-0.2, -0.15) is 0 Å². The van der Waals surface area contributed by atoms with Crippen LogP contribution >= 0.6 is 12.4 Å². The molecule has 1 fully saturated rings. The summed E-state index contributed by atoms with van der Waals surface area (Å²) in [5, 5.41) is 2.88. The van der Waals surface area contributed by atoms with Gasteiger partial charge in [-0.25, -0.2) is 0 Å². The number of fused-ring (bicyclic) bond motifs is 1. The lowest BCUT2D eigenvalue weighted by Gasteiger charge is -2.29. The van der Waals surface area contributed by atoms with Crippen LogP contribution < -0.4 is 16.0 Å². The first-order valence-corrected chi connectivity index (χ1v) is 8.05. The van der Waals surface area contributed by atoms with Gasteiger partial charge >= 0.3 is 0 Å². The summed E-state index contributed by atoms with van der Waals surface area (Å²) in [6.45, 7) is 0.967. The lowest BCUT2D eigenvalue weighted by Crippen LogP contribution is -2.41. The first kappa shape index (κ1) is 17.8. The van der Waals surface area contributed by atoms with Crippen LogP contribution in [0.3, 0.4) is 0 Å². The number of amides is 2. The third-order valence-electron chi connectivity index (χ3n) is 4.52. The third-order valence-corrected chi connectivity index (χ3v) is 4.52. The highest BCUT2D eigenvalue weighted by atomic mass is 35.5. The molecule has 1 saturated carbocycles. The molecule has 126 valence electrons. The monoisotopic (exact) mass is 337 g/mol. The number of hydrogen-bond acceptors (Lipinski definition) is 3. The topological polar surface area (TPSA) is 75.4 Å². The summed E-state index contributed by atoms with van der Waals surface area (Å²) in [4.78, 5) is 25.8. The molecule has 0 spiro atoms. The van der Waals surface area contributed by atoms with Crippen LogP contribution in [0.2, 0.25) is 0 Å². The molecule has 1 aromatic rings. The van der Waals surface area contributed by atoms with Crippen LogP contribution in [0, 0.1) is 5.92 Å². The van der Waals surface area contributed by atoms with E-state index < -0.39 is 0 Å². The van der Waals surface area contributed by atoms with Crippen molar-refractivity contribution in [2.45, 2.75) is 38.1 Å². The van der Waals surface area contributed by atoms with E-state index >= 15 is 0 Å². The van der Waals surface area contributed by atoms with Crippen molar-refractivity contribution >= 4 is 29.9 Å². The highest BCUT2D eigenvalue weighted by Gasteiger charge is 2.28. The molecule has 1 aliphatic carbocycles. The van der Waals surface area contributed by atoms with E-state index in [9.17, 15) is 9.59 Å². The number of rotatable bonds is 6. The second-order valence-corrected chi connectivity index (χ2v) is 6.23. The zero-order valence-corrected chi connectivity index (χ0v) is 14.0. The van der Waals surface area contributed by atoms with Crippen molar-refractivity contribution in [2.75, 3.05) is 18.0 Å². The van der Waals surface area contributed by atoms with Gasteiger partial charge in [-0.1, -0.05) is 18.2 Å². The highest BCUT2D eigenvalue weighted by molar-refractivity contribution is 5.96. The molecule has 3 rings (SSSR count). The Labute approximate surface area is 143 Å². The molecule has 1 unspecified atom stereocenters. The Morgan fingerprint density at radius 3 is 2.78 bits per heavy atom. The Balaban J connectivity index is 0.00000192. The second-order valence-electron chi connectivity index (χ2n) is 6.23. The molecule has 2 amide bonds. The summed E-state index contributed by atoms with van der Waals surface area (Å²) in [6.07, 6.45) is 3.97. The Morgan fingerprint density at radius 1 is 1.30 bits per heavy atom. The van der Waals surface area contributed by atoms with Crippen LogP contribution in [0.1, 0.15) is 31.2 Å². The molecule has 0 aromatic heterocycles. The minimum atomic E-state index is -0.0352. The van der Waals surface area contributed by atoms with Gasteiger partial charge in [0.25, 0.3) is 0 Å². The van der Waals surface area contributed by atoms with Gasteiger partial charge in [-0.05, 0) is 36.8 Å². The maximum atomic E-state index is 12.1. The SMILES string of the molecule is Cl.NC(CNC(=O)CCN1C(=O)CCc2ccccc21)C1CC1. The number of aryl methyl sites for hydroxylation is 1. The molecule has 0 bridgehead atoms. The maximum Gasteiger partial charge on any atom is 0.227 e. The van der Waals surface area contributed by atoms with E-state index in [2.05, 4.69) is 5.32 Å². The summed E-state index contributed by atoms with van der Waals surface area (Å²) in [7, 11) is 0. The van der Waals surface area contributed by atoms with Crippen LogP contribution in [0.5, 0.6) is 0 Å². The van der Waals surface area contributed by atoms with Crippen molar-refractivity contribution in [1.82, 2.24) is 5.32 Å². The number of nitrogens with two attached hydrogens (primary N) is 1. The minimum Gasteiger partial charge on any atom is -0.354 e. The Kier molecular flexibility index (Phi) is 6.02. The number of carbonyl (C=O) groups is 2. The van der Waals surface area contributed by atoms with Crippen molar-refractivity contribution < 1.29 is 9.59 Å². The summed E-state index contributed by atoms with van der Waals surface area (Å²) < 4.78 is 0. The number of halogens is 1. The van der Waals surface area contributed by atoms with Crippen LogP contribution in [-0.4, -0.2) is 30.9 Å². The fourth-order valence-electron chi connectivity index (χ4n) is 2.97. The molecule has 0 radical (unpaired) electrons. The second kappa shape index (κ2) is 7.79. The molecule has 1 heterocycles. The van der Waals surface area contributed by atoms with Crippen LogP contribution in [-0.2, 0) is 16.0 Å². The Morgan fingerprint density at radius 2 is 2.04 bits per heavy atom. The molecule has 1 aliphatic heterocycles. The molecule has 0 saturated heterocycles. The van der Waals surface area contributed by atoms with E-state index in [1.807, 2.05) is 24.3 Å². The molecule has 1 aromatic carbocycles. The van der Waals surface area contributed by atoms with Crippen LogP contribution in [0.4, 0.5) is 5.69 Å². The van der Waals surface area contributed by atoms with E-state index in [1.165, 1.54) is 18.4 Å². The summed E-state index contributed by atoms with van der Waals surface area (Å²) in [5.74, 6) is 0.643. The van der Waals surface area contributed by atoms with Crippen molar-refractivity contribution in [1.29, 1.82) is 0 Å². The average Bonchev–Trinajstić information content (AvgIpc) is 3.36. The number of nitrogens with zero attached hydrogens (tertiary/aromatic N) is 1. The van der Waals surface area contributed by atoms with E-state index in [1.54, 1.807) is 4.90 Å². The largest absolute Gasteiger partial charge is 0.354 e. The van der Waals surface area contributed by atoms with Gasteiger partial charge < -0.3 is 16.0 Å². The van der Waals surface area contributed by atoms with Gasteiger partial charge in [0.15, 0.2) is 0 Å². The molecule has 23 heavy (non-hydrogen) atoms. The number of hydrogen-bond donors (Lipinski definition) is 2. The highest BCUT2D eigenvalue weighted by Crippen LogP contribution is 2.31. The lowest BCUT2D eigenvalue weighted by atomic mass is 10.0. The molecule has 5 nitrogen and oxygen atoms in total. The zero-order valence-electron chi connectivity index (χ0n) is 13.2. The van der Waals surface area contributed by atoms with Gasteiger partial charge in [0.05, 0.1) is 0 Å². The van der Waals surface area contributed by atoms with Crippen molar-refractivity contribution in [2.24, 2.45) is 11.7 Å². The Bertz CT molecular complexity index is 575. The number of anilines is 1. The fourth-order valence-corrected chi connectivity index (χ4v) is 2.97. The summed E-state index contributed by atoms with van der Waals surface area (Å²) in [6, 6.07) is 7.98. The third kappa shape index (κ3) is 4.45. The molecular formula is C17H24ClN3O2. The maximum absolute atomic E-state index is 12.1. The number of para-hydroxylation sites is 1. The van der Waals surface area contributed by atoms with Gasteiger partial charge in [0.1, 0.15) is 0 Å². The van der Waals surface area contributed by atoms with E-state index in [0.717, 1.165) is 12.1 Å². The zero-order chi connectivity index (χ0) is 15.5. The standard InChI is InChI=1S/C17H23N3O2.ClH/c18-14(12-5-6-12)11-19-16(21)9-10-20-15-4-2-1-3-13(15)7-8-17(20)22;/h1-4,12,14H,5-11,18H2,(H,19,21);1H. The van der Waals surface area contributed by atoms with Gasteiger partial charge in [-0.15, -0.1) is 12.4 Å². The first-order chi connectivity index (χ1) is 10.6.